The Morgan fingerprint density at radius 3 is 2.57 bits per heavy atom. The number of amides is 3. The van der Waals surface area contributed by atoms with Crippen molar-refractivity contribution >= 4 is 11.9 Å². The lowest BCUT2D eigenvalue weighted by Gasteiger charge is -2.35. The molecule has 7 nitrogen and oxygen atoms in total. The maximum Gasteiger partial charge on any atom is 0.317 e. The van der Waals surface area contributed by atoms with Gasteiger partial charge in [-0.25, -0.2) is 4.79 Å². The van der Waals surface area contributed by atoms with Gasteiger partial charge in [0, 0.05) is 52.4 Å². The molecule has 1 atom stereocenters. The molecule has 0 saturated carbocycles. The van der Waals surface area contributed by atoms with Crippen LogP contribution < -0.4 is 5.32 Å². The molecule has 2 saturated heterocycles. The molecule has 2 fully saturated rings. The summed E-state index contributed by atoms with van der Waals surface area (Å²) in [6.45, 7) is 8.10. The number of hydrogen-bond acceptors (Lipinski definition) is 4. The van der Waals surface area contributed by atoms with Crippen molar-refractivity contribution in [2.24, 2.45) is 0 Å². The van der Waals surface area contributed by atoms with Gasteiger partial charge in [-0.1, -0.05) is 30.3 Å². The fraction of sp³-hybridized carbons (Fsp3) is 0.619. The third kappa shape index (κ3) is 5.94. The number of piperazine rings is 1. The summed E-state index contributed by atoms with van der Waals surface area (Å²) in [5.41, 5.74) is 1.09. The molecule has 0 bridgehead atoms. The van der Waals surface area contributed by atoms with Crippen molar-refractivity contribution in [2.45, 2.75) is 32.4 Å². The number of carbonyl (C=O) groups is 2. The van der Waals surface area contributed by atoms with Crippen LogP contribution in [0, 0.1) is 0 Å². The molecule has 1 aromatic carbocycles. The Morgan fingerprint density at radius 1 is 1.18 bits per heavy atom. The summed E-state index contributed by atoms with van der Waals surface area (Å²) in [5.74, 6) is -0.0586. The Bertz CT molecular complexity index is 626. The zero-order chi connectivity index (χ0) is 19.8. The molecule has 3 amide bonds. The number of ether oxygens (including phenoxy) is 1. The first kappa shape index (κ1) is 20.6. The summed E-state index contributed by atoms with van der Waals surface area (Å²) < 4.78 is 5.69. The molecule has 3 rings (SSSR count). The van der Waals surface area contributed by atoms with E-state index in [1.807, 2.05) is 37.3 Å². The zero-order valence-corrected chi connectivity index (χ0v) is 16.8. The topological polar surface area (TPSA) is 65.1 Å². The van der Waals surface area contributed by atoms with E-state index in [9.17, 15) is 9.59 Å². The van der Waals surface area contributed by atoms with Crippen LogP contribution in [0.4, 0.5) is 4.79 Å². The minimum atomic E-state index is -0.152. The number of benzene rings is 1. The fourth-order valence-corrected chi connectivity index (χ4v) is 3.76. The molecule has 2 heterocycles. The normalized spacial score (nSPS) is 20.2. The molecule has 1 N–H and O–H groups in total. The molecule has 154 valence electrons. The van der Waals surface area contributed by atoms with E-state index >= 15 is 0 Å². The van der Waals surface area contributed by atoms with E-state index < -0.39 is 0 Å². The molecule has 0 aromatic heterocycles. The molecule has 1 aromatic rings. The first-order valence-electron chi connectivity index (χ1n) is 10.3. The standard InChI is InChI=1S/C21H32N4O3/c1-2-24(16-18-7-4-3-5-8-18)20(26)15-22-21(27)25-12-10-23(11-13-25)17-19-9-6-14-28-19/h3-5,7-8,19H,2,6,9-17H2,1H3,(H,22,27). The third-order valence-corrected chi connectivity index (χ3v) is 5.49. The number of nitrogens with one attached hydrogen (secondary N) is 1. The number of rotatable bonds is 7. The van der Waals surface area contributed by atoms with Crippen LogP contribution >= 0.6 is 0 Å². The second-order valence-corrected chi connectivity index (χ2v) is 7.47. The Hall–Kier alpha value is -2.12. The van der Waals surface area contributed by atoms with Gasteiger partial charge in [0.15, 0.2) is 0 Å². The number of hydrogen-bond donors (Lipinski definition) is 1. The predicted molar refractivity (Wildman–Crippen MR) is 108 cm³/mol. The Labute approximate surface area is 167 Å². The van der Waals surface area contributed by atoms with E-state index in [0.717, 1.165) is 44.6 Å². The van der Waals surface area contributed by atoms with Crippen LogP contribution in [0.2, 0.25) is 0 Å². The van der Waals surface area contributed by atoms with E-state index in [1.54, 1.807) is 9.80 Å². The lowest BCUT2D eigenvalue weighted by Crippen LogP contribution is -2.54. The molecule has 0 spiro atoms. The van der Waals surface area contributed by atoms with Gasteiger partial charge in [-0.3, -0.25) is 9.69 Å². The predicted octanol–water partition coefficient (Wildman–Crippen LogP) is 1.54. The van der Waals surface area contributed by atoms with Gasteiger partial charge < -0.3 is 19.9 Å². The second-order valence-electron chi connectivity index (χ2n) is 7.47. The highest BCUT2D eigenvalue weighted by atomic mass is 16.5. The smallest absolute Gasteiger partial charge is 0.317 e. The molecule has 7 heteroatoms. The first-order chi connectivity index (χ1) is 13.7. The van der Waals surface area contributed by atoms with Crippen molar-refractivity contribution in [1.82, 2.24) is 20.0 Å². The number of urea groups is 1. The van der Waals surface area contributed by atoms with Crippen LogP contribution in [-0.2, 0) is 16.1 Å². The summed E-state index contributed by atoms with van der Waals surface area (Å²) in [7, 11) is 0. The first-order valence-corrected chi connectivity index (χ1v) is 10.3. The molecular formula is C21H32N4O3. The molecule has 0 radical (unpaired) electrons. The van der Waals surface area contributed by atoms with E-state index in [0.29, 0.717) is 32.3 Å². The highest BCUT2D eigenvalue weighted by molar-refractivity contribution is 5.84. The fourth-order valence-electron chi connectivity index (χ4n) is 3.76. The van der Waals surface area contributed by atoms with Gasteiger partial charge in [-0.15, -0.1) is 0 Å². The van der Waals surface area contributed by atoms with Gasteiger partial charge in [-0.2, -0.15) is 0 Å². The minimum absolute atomic E-state index is 0.0373. The summed E-state index contributed by atoms with van der Waals surface area (Å²) in [4.78, 5) is 30.8. The van der Waals surface area contributed by atoms with Crippen LogP contribution in [0.5, 0.6) is 0 Å². The average molecular weight is 389 g/mol. The monoisotopic (exact) mass is 388 g/mol. The van der Waals surface area contributed by atoms with Crippen LogP contribution in [0.15, 0.2) is 30.3 Å². The Morgan fingerprint density at radius 2 is 1.93 bits per heavy atom. The maximum absolute atomic E-state index is 12.5. The summed E-state index contributed by atoms with van der Waals surface area (Å²) in [5, 5.41) is 2.79. The highest BCUT2D eigenvalue weighted by Crippen LogP contribution is 2.14. The number of likely N-dealkylation sites (N-methyl/N-ethyl adjacent to an activating group) is 1. The van der Waals surface area contributed by atoms with Crippen molar-refractivity contribution in [3.63, 3.8) is 0 Å². The van der Waals surface area contributed by atoms with Gasteiger partial charge in [0.25, 0.3) is 0 Å². The van der Waals surface area contributed by atoms with Crippen molar-refractivity contribution < 1.29 is 14.3 Å². The molecule has 1 unspecified atom stereocenters. The van der Waals surface area contributed by atoms with Gasteiger partial charge in [0.1, 0.15) is 0 Å². The van der Waals surface area contributed by atoms with Crippen LogP contribution in [0.1, 0.15) is 25.3 Å². The van der Waals surface area contributed by atoms with Crippen molar-refractivity contribution in [3.05, 3.63) is 35.9 Å². The SMILES string of the molecule is CCN(Cc1ccccc1)C(=O)CNC(=O)N1CCN(CC2CCCO2)CC1. The molecule has 28 heavy (non-hydrogen) atoms. The van der Waals surface area contributed by atoms with Crippen LogP contribution in [-0.4, -0.2) is 85.2 Å². The Balaban J connectivity index is 1.38. The molecule has 2 aliphatic rings. The number of carbonyl (C=O) groups excluding carboxylic acids is 2. The van der Waals surface area contributed by atoms with Gasteiger partial charge >= 0.3 is 6.03 Å². The van der Waals surface area contributed by atoms with Crippen molar-refractivity contribution in [1.29, 1.82) is 0 Å². The largest absolute Gasteiger partial charge is 0.377 e. The quantitative estimate of drug-likeness (QED) is 0.770. The lowest BCUT2D eigenvalue weighted by atomic mass is 10.2. The maximum atomic E-state index is 12.5. The van der Waals surface area contributed by atoms with Gasteiger partial charge in [0.05, 0.1) is 12.6 Å². The zero-order valence-electron chi connectivity index (χ0n) is 16.8. The molecule has 2 aliphatic heterocycles. The summed E-state index contributed by atoms with van der Waals surface area (Å²) in [6, 6.07) is 9.75. The summed E-state index contributed by atoms with van der Waals surface area (Å²) in [6.07, 6.45) is 2.64. The minimum Gasteiger partial charge on any atom is -0.377 e. The van der Waals surface area contributed by atoms with Crippen LogP contribution in [0.25, 0.3) is 0 Å². The van der Waals surface area contributed by atoms with E-state index in [2.05, 4.69) is 10.2 Å². The van der Waals surface area contributed by atoms with Gasteiger partial charge in [-0.05, 0) is 25.3 Å². The van der Waals surface area contributed by atoms with Crippen molar-refractivity contribution in [2.75, 3.05) is 52.4 Å². The molecular weight excluding hydrogens is 356 g/mol. The lowest BCUT2D eigenvalue weighted by molar-refractivity contribution is -0.130. The van der Waals surface area contributed by atoms with E-state index in [1.165, 1.54) is 0 Å². The third-order valence-electron chi connectivity index (χ3n) is 5.49. The van der Waals surface area contributed by atoms with E-state index in [4.69, 9.17) is 4.74 Å². The summed E-state index contributed by atoms with van der Waals surface area (Å²) >= 11 is 0. The van der Waals surface area contributed by atoms with Crippen molar-refractivity contribution in [3.8, 4) is 0 Å². The van der Waals surface area contributed by atoms with Gasteiger partial charge in [0.2, 0.25) is 5.91 Å². The number of nitrogens with zero attached hydrogens (tertiary/aromatic N) is 3. The van der Waals surface area contributed by atoms with Crippen LogP contribution in [0.3, 0.4) is 0 Å². The second kappa shape index (κ2) is 10.4. The molecule has 0 aliphatic carbocycles. The average Bonchev–Trinajstić information content (AvgIpc) is 3.24. The highest BCUT2D eigenvalue weighted by Gasteiger charge is 2.25. The Kier molecular flexibility index (Phi) is 7.68. The van der Waals surface area contributed by atoms with E-state index in [-0.39, 0.29) is 18.5 Å².